The highest BCUT2D eigenvalue weighted by Gasteiger charge is 2.37. The number of nitrogens with one attached hydrogen (secondary N) is 1. The van der Waals surface area contributed by atoms with Crippen LogP contribution in [0.25, 0.3) is 0 Å². The number of imide groups is 1. The SMILES string of the molecule is CCCN1C(=O)c2cccc(NS(=O)(=O)c3ccc(OC)cc3)c2C1=O. The number of ether oxygens (including phenoxy) is 1. The molecule has 2 aromatic rings. The van der Waals surface area contributed by atoms with Crippen LogP contribution in [0, 0.1) is 0 Å². The van der Waals surface area contributed by atoms with Gasteiger partial charge in [-0.15, -0.1) is 0 Å². The summed E-state index contributed by atoms with van der Waals surface area (Å²) >= 11 is 0. The first-order valence-corrected chi connectivity index (χ1v) is 9.53. The van der Waals surface area contributed by atoms with E-state index in [9.17, 15) is 18.0 Å². The van der Waals surface area contributed by atoms with Gasteiger partial charge in [0.05, 0.1) is 28.8 Å². The minimum Gasteiger partial charge on any atom is -0.497 e. The number of hydrogen-bond acceptors (Lipinski definition) is 5. The summed E-state index contributed by atoms with van der Waals surface area (Å²) in [6, 6.07) is 10.4. The molecule has 136 valence electrons. The molecule has 8 heteroatoms. The summed E-state index contributed by atoms with van der Waals surface area (Å²) in [5.41, 5.74) is 0.386. The smallest absolute Gasteiger partial charge is 0.263 e. The Morgan fingerprint density at radius 1 is 1.04 bits per heavy atom. The minimum atomic E-state index is -3.92. The fraction of sp³-hybridized carbons (Fsp3) is 0.222. The number of rotatable bonds is 6. The third-order valence-electron chi connectivity index (χ3n) is 4.06. The van der Waals surface area contributed by atoms with E-state index >= 15 is 0 Å². The molecule has 0 atom stereocenters. The second kappa shape index (κ2) is 6.80. The van der Waals surface area contributed by atoms with Crippen molar-refractivity contribution in [3.63, 3.8) is 0 Å². The van der Waals surface area contributed by atoms with Crippen LogP contribution in [-0.2, 0) is 10.0 Å². The van der Waals surface area contributed by atoms with Crippen molar-refractivity contribution in [1.29, 1.82) is 0 Å². The molecule has 0 aromatic heterocycles. The number of fused-ring (bicyclic) bond motifs is 1. The number of carbonyl (C=O) groups is 2. The van der Waals surface area contributed by atoms with Crippen LogP contribution in [0.4, 0.5) is 5.69 Å². The number of methoxy groups -OCH3 is 1. The summed E-state index contributed by atoms with van der Waals surface area (Å²) in [7, 11) is -2.43. The molecule has 1 aliphatic rings. The molecule has 7 nitrogen and oxygen atoms in total. The average Bonchev–Trinajstić information content (AvgIpc) is 2.88. The summed E-state index contributed by atoms with van der Waals surface area (Å²) in [5, 5.41) is 0. The van der Waals surface area contributed by atoms with E-state index in [1.54, 1.807) is 6.07 Å². The minimum absolute atomic E-state index is 0.0260. The van der Waals surface area contributed by atoms with Gasteiger partial charge < -0.3 is 4.74 Å². The Morgan fingerprint density at radius 2 is 1.73 bits per heavy atom. The highest BCUT2D eigenvalue weighted by atomic mass is 32.2. The van der Waals surface area contributed by atoms with E-state index in [-0.39, 0.29) is 28.3 Å². The summed E-state index contributed by atoms with van der Waals surface area (Å²) in [6.07, 6.45) is 0.623. The number of hydrogen-bond donors (Lipinski definition) is 1. The molecule has 0 saturated heterocycles. The average molecular weight is 374 g/mol. The van der Waals surface area contributed by atoms with Gasteiger partial charge in [-0.3, -0.25) is 19.2 Å². The van der Waals surface area contributed by atoms with Crippen molar-refractivity contribution < 1.29 is 22.7 Å². The van der Waals surface area contributed by atoms with Gasteiger partial charge in [0.25, 0.3) is 21.8 Å². The van der Waals surface area contributed by atoms with Crippen molar-refractivity contribution in [2.75, 3.05) is 18.4 Å². The Morgan fingerprint density at radius 3 is 2.35 bits per heavy atom. The predicted octanol–water partition coefficient (Wildman–Crippen LogP) is 2.50. The lowest BCUT2D eigenvalue weighted by atomic mass is 10.1. The quantitative estimate of drug-likeness (QED) is 0.784. The van der Waals surface area contributed by atoms with Crippen molar-refractivity contribution in [3.8, 4) is 5.75 Å². The lowest BCUT2D eigenvalue weighted by Gasteiger charge is -2.13. The maximum Gasteiger partial charge on any atom is 0.263 e. The zero-order valence-electron chi connectivity index (χ0n) is 14.4. The van der Waals surface area contributed by atoms with Gasteiger partial charge in [0.1, 0.15) is 5.75 Å². The van der Waals surface area contributed by atoms with Crippen LogP contribution in [0.1, 0.15) is 34.1 Å². The van der Waals surface area contributed by atoms with Gasteiger partial charge in [-0.05, 0) is 42.8 Å². The number of nitrogens with zero attached hydrogens (tertiary/aromatic N) is 1. The summed E-state index contributed by atoms with van der Waals surface area (Å²) < 4.78 is 32.7. The molecule has 3 rings (SSSR count). The van der Waals surface area contributed by atoms with E-state index in [4.69, 9.17) is 4.74 Å². The number of benzene rings is 2. The summed E-state index contributed by atoms with van der Waals surface area (Å²) in [6.45, 7) is 2.15. The number of sulfonamides is 1. The third-order valence-corrected chi connectivity index (χ3v) is 5.44. The number of amides is 2. The molecule has 1 heterocycles. The van der Waals surface area contributed by atoms with Gasteiger partial charge in [-0.25, -0.2) is 8.42 Å². The number of carbonyl (C=O) groups excluding carboxylic acids is 2. The Hall–Kier alpha value is -2.87. The second-order valence-electron chi connectivity index (χ2n) is 5.77. The highest BCUT2D eigenvalue weighted by Crippen LogP contribution is 2.31. The van der Waals surface area contributed by atoms with Crippen LogP contribution in [0.3, 0.4) is 0 Å². The van der Waals surface area contributed by atoms with Gasteiger partial charge in [0, 0.05) is 6.54 Å². The van der Waals surface area contributed by atoms with Gasteiger partial charge in [0.2, 0.25) is 0 Å². The van der Waals surface area contributed by atoms with Crippen LogP contribution in [0.5, 0.6) is 5.75 Å². The van der Waals surface area contributed by atoms with E-state index < -0.39 is 21.8 Å². The topological polar surface area (TPSA) is 92.8 Å². The van der Waals surface area contributed by atoms with Gasteiger partial charge in [-0.2, -0.15) is 0 Å². The molecule has 0 aliphatic carbocycles. The summed E-state index contributed by atoms with van der Waals surface area (Å²) in [5.74, 6) is -0.363. The molecule has 2 aromatic carbocycles. The lowest BCUT2D eigenvalue weighted by molar-refractivity contribution is 0.0654. The van der Waals surface area contributed by atoms with Gasteiger partial charge in [0.15, 0.2) is 0 Å². The first-order chi connectivity index (χ1) is 12.4. The van der Waals surface area contributed by atoms with E-state index in [2.05, 4.69) is 4.72 Å². The van der Waals surface area contributed by atoms with Crippen molar-refractivity contribution in [3.05, 3.63) is 53.6 Å². The molecule has 0 fully saturated rings. The zero-order chi connectivity index (χ0) is 18.9. The largest absolute Gasteiger partial charge is 0.497 e. The molecular weight excluding hydrogens is 356 g/mol. The Kier molecular flexibility index (Phi) is 4.69. The van der Waals surface area contributed by atoms with Crippen molar-refractivity contribution >= 4 is 27.5 Å². The molecule has 2 amide bonds. The molecule has 26 heavy (non-hydrogen) atoms. The molecule has 1 N–H and O–H groups in total. The van der Waals surface area contributed by atoms with Crippen LogP contribution in [-0.4, -0.2) is 38.8 Å². The van der Waals surface area contributed by atoms with Crippen LogP contribution < -0.4 is 9.46 Å². The molecule has 0 saturated carbocycles. The standard InChI is InChI=1S/C18H18N2O5S/c1-3-11-20-17(21)14-5-4-6-15(16(14)18(20)22)19-26(23,24)13-9-7-12(25-2)8-10-13/h4-10,19H,3,11H2,1-2H3. The zero-order valence-corrected chi connectivity index (χ0v) is 15.2. The third kappa shape index (κ3) is 3.03. The van der Waals surface area contributed by atoms with Crippen LogP contribution >= 0.6 is 0 Å². The Labute approximate surface area is 151 Å². The first-order valence-electron chi connectivity index (χ1n) is 8.05. The molecule has 0 unspecified atom stereocenters. The normalized spacial score (nSPS) is 13.7. The van der Waals surface area contributed by atoms with E-state index in [0.29, 0.717) is 12.2 Å². The fourth-order valence-corrected chi connectivity index (χ4v) is 3.88. The maximum atomic E-state index is 12.6. The van der Waals surface area contributed by atoms with Crippen LogP contribution in [0.2, 0.25) is 0 Å². The molecular formula is C18H18N2O5S. The summed E-state index contributed by atoms with van der Waals surface area (Å²) in [4.78, 5) is 26.1. The number of anilines is 1. The molecule has 0 radical (unpaired) electrons. The second-order valence-corrected chi connectivity index (χ2v) is 7.45. The Balaban J connectivity index is 1.97. The van der Waals surface area contributed by atoms with Crippen molar-refractivity contribution in [2.45, 2.75) is 18.2 Å². The predicted molar refractivity (Wildman–Crippen MR) is 95.9 cm³/mol. The molecule has 0 bridgehead atoms. The maximum absolute atomic E-state index is 12.6. The molecule has 0 spiro atoms. The van der Waals surface area contributed by atoms with Gasteiger partial charge >= 0.3 is 0 Å². The van der Waals surface area contributed by atoms with E-state index in [1.807, 2.05) is 6.92 Å². The fourth-order valence-electron chi connectivity index (χ4n) is 2.80. The van der Waals surface area contributed by atoms with Crippen molar-refractivity contribution in [1.82, 2.24) is 4.90 Å². The first kappa shape index (κ1) is 17.9. The monoisotopic (exact) mass is 374 g/mol. The lowest BCUT2D eigenvalue weighted by Crippen LogP contribution is -2.30. The van der Waals surface area contributed by atoms with E-state index in [0.717, 1.165) is 4.90 Å². The van der Waals surface area contributed by atoms with E-state index in [1.165, 1.54) is 43.5 Å². The molecule has 1 aliphatic heterocycles. The Bertz CT molecular complexity index is 968. The highest BCUT2D eigenvalue weighted by molar-refractivity contribution is 7.92. The van der Waals surface area contributed by atoms with Gasteiger partial charge in [-0.1, -0.05) is 13.0 Å². The van der Waals surface area contributed by atoms with Crippen molar-refractivity contribution in [2.24, 2.45) is 0 Å². The van der Waals surface area contributed by atoms with Crippen LogP contribution in [0.15, 0.2) is 47.4 Å².